The van der Waals surface area contributed by atoms with Crippen molar-refractivity contribution in [3.63, 3.8) is 0 Å². The van der Waals surface area contributed by atoms with Crippen LogP contribution in [0.4, 0.5) is 0 Å². The molecule has 0 saturated heterocycles. The Morgan fingerprint density at radius 2 is 1.17 bits per heavy atom. The van der Waals surface area contributed by atoms with Crippen molar-refractivity contribution >= 4 is 92.2 Å². The lowest BCUT2D eigenvalue weighted by atomic mass is 9.98. The van der Waals surface area contributed by atoms with Crippen LogP contribution >= 0.6 is 11.3 Å². The van der Waals surface area contributed by atoms with Crippen LogP contribution in [0.15, 0.2) is 180 Å². The highest BCUT2D eigenvalue weighted by Gasteiger charge is 2.23. The third kappa shape index (κ3) is 4.55. The molecule has 0 spiro atoms. The first-order valence-corrected chi connectivity index (χ1v) is 20.9. The van der Waals surface area contributed by atoms with Crippen molar-refractivity contribution in [2.24, 2.45) is 0 Å². The van der Waals surface area contributed by atoms with Gasteiger partial charge in [-0.2, -0.15) is 0 Å². The molecule has 13 rings (SSSR count). The number of hydrogen-bond donors (Lipinski definition) is 0. The van der Waals surface area contributed by atoms with E-state index in [9.17, 15) is 0 Å². The Labute approximate surface area is 337 Å². The minimum Gasteiger partial charge on any atom is -0.455 e. The van der Waals surface area contributed by atoms with Gasteiger partial charge in [0.1, 0.15) is 11.2 Å². The van der Waals surface area contributed by atoms with Crippen molar-refractivity contribution in [2.75, 3.05) is 0 Å². The molecule has 0 saturated carbocycles. The fraction of sp³-hybridized carbons (Fsp3) is 0.0370. The Morgan fingerprint density at radius 3 is 2.05 bits per heavy atom. The number of nitrogens with zero attached hydrogens (tertiary/aromatic N) is 2. The van der Waals surface area contributed by atoms with Crippen LogP contribution in [0.2, 0.25) is 0 Å². The van der Waals surface area contributed by atoms with Gasteiger partial charge in [0.15, 0.2) is 0 Å². The quantitative estimate of drug-likeness (QED) is 0.175. The molecule has 0 radical (unpaired) electrons. The summed E-state index contributed by atoms with van der Waals surface area (Å²) in [5, 5.41) is 8.68. The zero-order chi connectivity index (χ0) is 37.9. The molecule has 1 aliphatic rings. The Hall–Kier alpha value is -7.14. The van der Waals surface area contributed by atoms with Gasteiger partial charge >= 0.3 is 0 Å². The van der Waals surface area contributed by atoms with Gasteiger partial charge < -0.3 is 13.6 Å². The standard InChI is InChI=1S/C54H34N2OS/c1-2-13-35(14-3-1)55-47-21-8-4-15-37(47)43-29-33(25-27-49(43)55)34-26-28-50-44(30-34)38-16-5-9-22-48(38)56(50)36-31-45-40-18-7-11-24-52(40)58-54(45)46(32-36)42-20-12-19-41-39-17-6-10-23-51(39)57-53(41)42/h1-8,10-21,23-32H,9,22H2. The fourth-order valence-electron chi connectivity index (χ4n) is 9.80. The predicted molar refractivity (Wildman–Crippen MR) is 246 cm³/mol. The molecule has 0 aliphatic heterocycles. The van der Waals surface area contributed by atoms with Crippen molar-refractivity contribution in [3.8, 4) is 33.6 Å². The second-order valence-electron chi connectivity index (χ2n) is 15.5. The number of rotatable bonds is 4. The van der Waals surface area contributed by atoms with E-state index in [0.29, 0.717) is 0 Å². The smallest absolute Gasteiger partial charge is 0.143 e. The molecule has 4 heteroatoms. The lowest BCUT2D eigenvalue weighted by molar-refractivity contribution is 0.670. The molecular weight excluding hydrogens is 725 g/mol. The molecule has 0 atom stereocenters. The van der Waals surface area contributed by atoms with Crippen LogP contribution in [0.5, 0.6) is 0 Å². The SMILES string of the molecule is C1=Cc2c(n(-c3cc(-c4cccc5c4oc4ccccc45)c4sc5ccccc5c4c3)c3ccc(-c4ccc5c(c4)c4ccccc4n5-c4ccccc4)cc23)CC1. The first-order chi connectivity index (χ1) is 28.8. The Bertz CT molecular complexity index is 3680. The van der Waals surface area contributed by atoms with Gasteiger partial charge in [-0.05, 0) is 90.7 Å². The third-order valence-electron chi connectivity index (χ3n) is 12.4. The number of para-hydroxylation sites is 4. The highest BCUT2D eigenvalue weighted by atomic mass is 32.1. The maximum Gasteiger partial charge on any atom is 0.143 e. The Kier molecular flexibility index (Phi) is 6.72. The summed E-state index contributed by atoms with van der Waals surface area (Å²) in [5.41, 5.74) is 15.4. The molecule has 58 heavy (non-hydrogen) atoms. The molecule has 1 aliphatic carbocycles. The van der Waals surface area contributed by atoms with Gasteiger partial charge in [0, 0.05) is 80.9 Å². The Balaban J connectivity index is 1.03. The zero-order valence-electron chi connectivity index (χ0n) is 31.4. The normalized spacial score (nSPS) is 13.0. The van der Waals surface area contributed by atoms with E-state index in [-0.39, 0.29) is 0 Å². The summed E-state index contributed by atoms with van der Waals surface area (Å²) in [6, 6.07) is 62.2. The summed E-state index contributed by atoms with van der Waals surface area (Å²) >= 11 is 1.87. The summed E-state index contributed by atoms with van der Waals surface area (Å²) in [7, 11) is 0. The largest absolute Gasteiger partial charge is 0.455 e. The van der Waals surface area contributed by atoms with Crippen LogP contribution in [0.25, 0.3) is 115 Å². The van der Waals surface area contributed by atoms with Gasteiger partial charge in [0.25, 0.3) is 0 Å². The van der Waals surface area contributed by atoms with Gasteiger partial charge in [0.2, 0.25) is 0 Å². The predicted octanol–water partition coefficient (Wildman–Crippen LogP) is 15.3. The topological polar surface area (TPSA) is 23.0 Å². The van der Waals surface area contributed by atoms with E-state index >= 15 is 0 Å². The van der Waals surface area contributed by atoms with Crippen molar-refractivity contribution in [1.82, 2.24) is 9.13 Å². The summed E-state index contributed by atoms with van der Waals surface area (Å²) < 4.78 is 14.2. The Morgan fingerprint density at radius 1 is 0.466 bits per heavy atom. The maximum absolute atomic E-state index is 6.67. The molecule has 0 unspecified atom stereocenters. The van der Waals surface area contributed by atoms with Gasteiger partial charge in [-0.15, -0.1) is 11.3 Å². The number of furan rings is 1. The van der Waals surface area contributed by atoms with Crippen LogP contribution in [-0.2, 0) is 6.42 Å². The van der Waals surface area contributed by atoms with Crippen molar-refractivity contribution in [3.05, 3.63) is 187 Å². The lowest BCUT2D eigenvalue weighted by Crippen LogP contribution is -2.03. The molecule has 0 bridgehead atoms. The van der Waals surface area contributed by atoms with Crippen molar-refractivity contribution in [1.29, 1.82) is 0 Å². The summed E-state index contributed by atoms with van der Waals surface area (Å²) in [4.78, 5) is 0. The lowest BCUT2D eigenvalue weighted by Gasteiger charge is -2.16. The van der Waals surface area contributed by atoms with E-state index in [0.717, 1.165) is 40.3 Å². The van der Waals surface area contributed by atoms with E-state index in [1.807, 2.05) is 11.3 Å². The average molecular weight is 759 g/mol. The first kappa shape index (κ1) is 32.0. The van der Waals surface area contributed by atoms with Crippen LogP contribution in [0, 0.1) is 0 Å². The monoisotopic (exact) mass is 758 g/mol. The highest BCUT2D eigenvalue weighted by molar-refractivity contribution is 7.26. The van der Waals surface area contributed by atoms with E-state index in [4.69, 9.17) is 4.42 Å². The second kappa shape index (κ2) is 12.2. The molecule has 3 nitrogen and oxygen atoms in total. The van der Waals surface area contributed by atoms with Crippen LogP contribution in [0.3, 0.4) is 0 Å². The highest BCUT2D eigenvalue weighted by Crippen LogP contribution is 2.46. The zero-order valence-corrected chi connectivity index (χ0v) is 32.3. The maximum atomic E-state index is 6.67. The van der Waals surface area contributed by atoms with E-state index in [2.05, 4.69) is 191 Å². The van der Waals surface area contributed by atoms with E-state index < -0.39 is 0 Å². The molecule has 0 N–H and O–H groups in total. The molecule has 4 aromatic heterocycles. The minimum absolute atomic E-state index is 0.919. The second-order valence-corrected chi connectivity index (χ2v) is 16.6. The van der Waals surface area contributed by atoms with Gasteiger partial charge in [-0.1, -0.05) is 115 Å². The number of allylic oxidation sites excluding steroid dienone is 1. The van der Waals surface area contributed by atoms with E-state index in [1.54, 1.807) is 0 Å². The summed E-state index contributed by atoms with van der Waals surface area (Å²) in [6.45, 7) is 0. The van der Waals surface area contributed by atoms with E-state index in [1.165, 1.54) is 92.2 Å². The van der Waals surface area contributed by atoms with Crippen molar-refractivity contribution < 1.29 is 4.42 Å². The number of benzene rings is 8. The summed E-state index contributed by atoms with van der Waals surface area (Å²) in [5.74, 6) is 0. The molecule has 272 valence electrons. The fourth-order valence-corrected chi connectivity index (χ4v) is 11.0. The first-order valence-electron chi connectivity index (χ1n) is 20.1. The summed E-state index contributed by atoms with van der Waals surface area (Å²) in [6.07, 6.45) is 6.70. The number of thiophene rings is 1. The van der Waals surface area contributed by atoms with Gasteiger partial charge in [0.05, 0.1) is 16.6 Å². The van der Waals surface area contributed by atoms with Crippen LogP contribution in [0.1, 0.15) is 17.7 Å². The van der Waals surface area contributed by atoms with Gasteiger partial charge in [-0.3, -0.25) is 0 Å². The van der Waals surface area contributed by atoms with Crippen LogP contribution < -0.4 is 0 Å². The number of fused-ring (bicyclic) bond motifs is 12. The third-order valence-corrected chi connectivity index (χ3v) is 13.6. The molecule has 0 amide bonds. The van der Waals surface area contributed by atoms with Crippen molar-refractivity contribution in [2.45, 2.75) is 12.8 Å². The van der Waals surface area contributed by atoms with Crippen LogP contribution in [-0.4, -0.2) is 9.13 Å². The minimum atomic E-state index is 0.919. The molecule has 0 fully saturated rings. The number of hydrogen-bond acceptors (Lipinski definition) is 2. The van der Waals surface area contributed by atoms with Gasteiger partial charge in [-0.25, -0.2) is 0 Å². The molecule has 12 aromatic rings. The molecule has 8 aromatic carbocycles. The molecule has 4 heterocycles. The average Bonchev–Trinajstić information content (AvgIpc) is 4.04. The number of aromatic nitrogens is 2. The molecular formula is C54H34N2OS.